The lowest BCUT2D eigenvalue weighted by Gasteiger charge is -2.31. The lowest BCUT2D eigenvalue weighted by molar-refractivity contribution is 0.101. The highest BCUT2D eigenvalue weighted by Gasteiger charge is 2.22. The Morgan fingerprint density at radius 2 is 1.79 bits per heavy atom. The molecule has 1 aromatic heterocycles. The van der Waals surface area contributed by atoms with Crippen molar-refractivity contribution >= 4 is 17.3 Å². The molecule has 10 heteroatoms. The number of aromatic nitrogens is 3. The van der Waals surface area contributed by atoms with Crippen LogP contribution in [0.2, 0.25) is 0 Å². The number of carbonyl (C=O) groups excluding carboxylic acids is 1. The molecule has 0 saturated carbocycles. The monoisotopic (exact) mass is 453 g/mol. The Hall–Kier alpha value is -3.79. The Balaban J connectivity index is 1.64. The summed E-state index contributed by atoms with van der Waals surface area (Å²) in [4.78, 5) is 29.9. The number of anilines is 2. The fourth-order valence-corrected chi connectivity index (χ4v) is 3.60. The number of aromatic amines is 1. The smallest absolute Gasteiger partial charge is 0.348 e. The van der Waals surface area contributed by atoms with Crippen molar-refractivity contribution in [1.82, 2.24) is 14.8 Å². The normalized spacial score (nSPS) is 13.6. The van der Waals surface area contributed by atoms with Crippen LogP contribution in [-0.2, 0) is 4.74 Å². The van der Waals surface area contributed by atoms with Crippen LogP contribution in [-0.4, -0.2) is 60.2 Å². The Bertz CT molecular complexity index is 1150. The molecule has 1 amide bonds. The van der Waals surface area contributed by atoms with Gasteiger partial charge in [0.1, 0.15) is 11.5 Å². The van der Waals surface area contributed by atoms with Crippen LogP contribution in [0, 0.1) is 0 Å². The van der Waals surface area contributed by atoms with Gasteiger partial charge < -0.3 is 24.4 Å². The quantitative estimate of drug-likeness (QED) is 0.539. The van der Waals surface area contributed by atoms with Gasteiger partial charge >= 0.3 is 5.69 Å². The summed E-state index contributed by atoms with van der Waals surface area (Å²) >= 11 is 0. The summed E-state index contributed by atoms with van der Waals surface area (Å²) in [5.41, 5.74) is 1.36. The van der Waals surface area contributed by atoms with Gasteiger partial charge in [-0.2, -0.15) is 4.68 Å². The third kappa shape index (κ3) is 5.01. The van der Waals surface area contributed by atoms with E-state index < -0.39 is 11.6 Å². The van der Waals surface area contributed by atoms with Crippen molar-refractivity contribution in [2.75, 3.05) is 49.7 Å². The molecule has 2 heterocycles. The number of amides is 1. The van der Waals surface area contributed by atoms with Crippen molar-refractivity contribution in [3.63, 3.8) is 0 Å². The molecule has 0 radical (unpaired) electrons. The minimum atomic E-state index is -0.565. The first-order valence-corrected chi connectivity index (χ1v) is 10.9. The second-order valence-electron chi connectivity index (χ2n) is 7.26. The molecule has 174 valence electrons. The van der Waals surface area contributed by atoms with Crippen LogP contribution in [0.3, 0.4) is 0 Å². The molecular weight excluding hydrogens is 426 g/mol. The van der Waals surface area contributed by atoms with E-state index in [1.165, 1.54) is 0 Å². The number of benzene rings is 2. The second-order valence-corrected chi connectivity index (χ2v) is 7.26. The Morgan fingerprint density at radius 3 is 2.48 bits per heavy atom. The molecule has 4 rings (SSSR count). The van der Waals surface area contributed by atoms with Gasteiger partial charge in [-0.15, -0.1) is 5.10 Å². The Kier molecular flexibility index (Phi) is 6.94. The molecule has 2 N–H and O–H groups in total. The van der Waals surface area contributed by atoms with Crippen LogP contribution in [0.4, 0.5) is 11.4 Å². The maximum Gasteiger partial charge on any atom is 0.348 e. The maximum absolute atomic E-state index is 12.9. The third-order valence-corrected chi connectivity index (χ3v) is 5.09. The molecule has 1 saturated heterocycles. The zero-order chi connectivity index (χ0) is 23.2. The first-order valence-electron chi connectivity index (χ1n) is 10.9. The van der Waals surface area contributed by atoms with Crippen molar-refractivity contribution in [2.24, 2.45) is 0 Å². The van der Waals surface area contributed by atoms with E-state index in [9.17, 15) is 9.59 Å². The maximum atomic E-state index is 12.9. The van der Waals surface area contributed by atoms with Gasteiger partial charge in [0, 0.05) is 25.2 Å². The molecule has 1 fully saturated rings. The molecule has 2 aromatic carbocycles. The van der Waals surface area contributed by atoms with E-state index in [2.05, 4.69) is 20.3 Å². The molecule has 1 aliphatic rings. The third-order valence-electron chi connectivity index (χ3n) is 5.09. The number of ether oxygens (including phenoxy) is 3. The number of nitrogens with zero attached hydrogens (tertiary/aromatic N) is 3. The molecule has 33 heavy (non-hydrogen) atoms. The summed E-state index contributed by atoms with van der Waals surface area (Å²) in [6.07, 6.45) is 0. The standard InChI is InChI=1S/C23H27N5O5/c1-3-32-19-15-18(27-10-12-31-13-11-27)20(33-4-2)14-17(19)24-22(29)21-25-23(30)28(26-21)16-8-6-5-7-9-16/h5-9,14-15H,3-4,10-13H2,1-2H3,(H,24,29)(H,25,26,30). The summed E-state index contributed by atoms with van der Waals surface area (Å²) < 4.78 is 18.3. The lowest BCUT2D eigenvalue weighted by Crippen LogP contribution is -2.36. The average molecular weight is 453 g/mol. The number of hydrogen-bond acceptors (Lipinski definition) is 7. The van der Waals surface area contributed by atoms with Gasteiger partial charge in [-0.3, -0.25) is 9.78 Å². The fourth-order valence-electron chi connectivity index (χ4n) is 3.60. The Morgan fingerprint density at radius 1 is 1.09 bits per heavy atom. The highest BCUT2D eigenvalue weighted by atomic mass is 16.5. The average Bonchev–Trinajstić information content (AvgIpc) is 3.24. The van der Waals surface area contributed by atoms with Crippen LogP contribution in [0.1, 0.15) is 24.5 Å². The first kappa shape index (κ1) is 22.4. The molecule has 0 aliphatic carbocycles. The zero-order valence-electron chi connectivity index (χ0n) is 18.7. The van der Waals surface area contributed by atoms with Crippen molar-refractivity contribution in [2.45, 2.75) is 13.8 Å². The predicted molar refractivity (Wildman–Crippen MR) is 124 cm³/mol. The number of H-pyrrole nitrogens is 1. The molecule has 10 nitrogen and oxygen atoms in total. The number of morpholine rings is 1. The number of rotatable bonds is 8. The summed E-state index contributed by atoms with van der Waals surface area (Å²) in [7, 11) is 0. The summed E-state index contributed by atoms with van der Waals surface area (Å²) in [6.45, 7) is 7.38. The number of nitrogens with one attached hydrogen (secondary N) is 2. The summed E-state index contributed by atoms with van der Waals surface area (Å²) in [5.74, 6) is 0.452. The van der Waals surface area contributed by atoms with Crippen molar-refractivity contribution < 1.29 is 19.0 Å². The topological polar surface area (TPSA) is 111 Å². The highest BCUT2D eigenvalue weighted by molar-refractivity contribution is 6.02. The van der Waals surface area contributed by atoms with Gasteiger partial charge in [-0.25, -0.2) is 4.79 Å². The van der Waals surface area contributed by atoms with Gasteiger partial charge in [0.15, 0.2) is 0 Å². The minimum Gasteiger partial charge on any atom is -0.492 e. The van der Waals surface area contributed by atoms with Crippen LogP contribution in [0.15, 0.2) is 47.3 Å². The molecular formula is C23H27N5O5. The van der Waals surface area contributed by atoms with Crippen LogP contribution >= 0.6 is 0 Å². The van der Waals surface area contributed by atoms with Crippen molar-refractivity contribution in [3.8, 4) is 17.2 Å². The highest BCUT2D eigenvalue weighted by Crippen LogP contribution is 2.39. The van der Waals surface area contributed by atoms with E-state index in [-0.39, 0.29) is 5.82 Å². The van der Waals surface area contributed by atoms with Gasteiger partial charge in [-0.1, -0.05) is 18.2 Å². The SMILES string of the molecule is CCOc1cc(N2CCOCC2)c(OCC)cc1NC(=O)c1nn(-c2ccccc2)c(=O)[nH]1. The van der Waals surface area contributed by atoms with E-state index in [1.54, 1.807) is 30.3 Å². The van der Waals surface area contributed by atoms with E-state index in [0.717, 1.165) is 23.5 Å². The van der Waals surface area contributed by atoms with Gasteiger partial charge in [0.05, 0.1) is 43.5 Å². The van der Waals surface area contributed by atoms with Crippen LogP contribution in [0.25, 0.3) is 5.69 Å². The zero-order valence-corrected chi connectivity index (χ0v) is 18.7. The molecule has 0 unspecified atom stereocenters. The van der Waals surface area contributed by atoms with Gasteiger partial charge in [0.25, 0.3) is 5.91 Å². The van der Waals surface area contributed by atoms with E-state index in [4.69, 9.17) is 14.2 Å². The molecule has 1 aliphatic heterocycles. The molecule has 0 spiro atoms. The largest absolute Gasteiger partial charge is 0.492 e. The minimum absolute atomic E-state index is 0.110. The lowest BCUT2D eigenvalue weighted by atomic mass is 10.2. The van der Waals surface area contributed by atoms with Crippen molar-refractivity contribution in [3.05, 3.63) is 58.8 Å². The molecule has 0 bridgehead atoms. The summed E-state index contributed by atoms with van der Waals surface area (Å²) in [5, 5.41) is 6.94. The Labute approximate surface area is 191 Å². The molecule has 0 atom stereocenters. The van der Waals surface area contributed by atoms with E-state index >= 15 is 0 Å². The van der Waals surface area contributed by atoms with Gasteiger partial charge in [-0.05, 0) is 26.0 Å². The number of para-hydroxylation sites is 1. The predicted octanol–water partition coefficient (Wildman–Crippen LogP) is 2.45. The fraction of sp³-hybridized carbons (Fsp3) is 0.348. The van der Waals surface area contributed by atoms with E-state index in [1.807, 2.05) is 26.0 Å². The number of carbonyl (C=O) groups is 1. The number of hydrogen-bond donors (Lipinski definition) is 2. The van der Waals surface area contributed by atoms with Gasteiger partial charge in [0.2, 0.25) is 5.82 Å². The van der Waals surface area contributed by atoms with Crippen molar-refractivity contribution in [1.29, 1.82) is 0 Å². The molecule has 3 aromatic rings. The van der Waals surface area contributed by atoms with Crippen LogP contribution in [0.5, 0.6) is 11.5 Å². The summed E-state index contributed by atoms with van der Waals surface area (Å²) in [6, 6.07) is 12.5. The van der Waals surface area contributed by atoms with E-state index in [0.29, 0.717) is 49.3 Å². The second kappa shape index (κ2) is 10.2. The van der Waals surface area contributed by atoms with Crippen LogP contribution < -0.4 is 25.4 Å². The first-order chi connectivity index (χ1) is 16.1.